The maximum absolute atomic E-state index is 11.6. The van der Waals surface area contributed by atoms with Gasteiger partial charge in [-0.2, -0.15) is 0 Å². The number of carboxylic acid groups (broad SMARTS) is 2. The number of hydrogen-bond donors (Lipinski definition) is 6. The Morgan fingerprint density at radius 3 is 1.38 bits per heavy atom. The maximum atomic E-state index is 11.6. The molecule has 138 valence electrons. The summed E-state index contributed by atoms with van der Waals surface area (Å²) in [6.07, 6.45) is 0. The van der Waals surface area contributed by atoms with E-state index in [1.54, 1.807) is 0 Å². The Kier molecular flexibility index (Phi) is 10.4. The van der Waals surface area contributed by atoms with Crippen LogP contribution in [0.5, 0.6) is 0 Å². The van der Waals surface area contributed by atoms with E-state index in [1.165, 1.54) is 35.4 Å². The van der Waals surface area contributed by atoms with Gasteiger partial charge in [0.25, 0.3) is 0 Å². The summed E-state index contributed by atoms with van der Waals surface area (Å²) in [4.78, 5) is 44.5. The SMILES string of the molecule is C[C@H](NC(=O)[C@H](N)CSSC[C@H](N)C(=O)N[C@@H](C)C(=O)O)C(=O)O. The highest BCUT2D eigenvalue weighted by Crippen LogP contribution is 2.22. The number of rotatable bonds is 11. The third-order valence-electron chi connectivity index (χ3n) is 2.71. The number of aliphatic carboxylic acids is 2. The van der Waals surface area contributed by atoms with Crippen molar-refractivity contribution in [1.82, 2.24) is 10.6 Å². The molecule has 2 amide bonds. The standard InChI is InChI=1S/C12H22N4O6S2/c1-5(11(19)20)15-9(17)7(13)3-23-24-4-8(14)10(18)16-6(2)12(21)22/h5-8H,3-4,13-14H2,1-2H3,(H,15,17)(H,16,18)(H,19,20)(H,21,22)/t5-,6-,7-,8+/m0/s1. The molecule has 8 N–H and O–H groups in total. The van der Waals surface area contributed by atoms with E-state index in [-0.39, 0.29) is 11.5 Å². The third-order valence-corrected chi connectivity index (χ3v) is 5.18. The fourth-order valence-electron chi connectivity index (χ4n) is 1.16. The fourth-order valence-corrected chi connectivity index (χ4v) is 3.40. The molecule has 24 heavy (non-hydrogen) atoms. The lowest BCUT2D eigenvalue weighted by Gasteiger charge is -2.16. The van der Waals surface area contributed by atoms with Crippen LogP contribution in [0.25, 0.3) is 0 Å². The molecular weight excluding hydrogens is 360 g/mol. The van der Waals surface area contributed by atoms with E-state index >= 15 is 0 Å². The second-order valence-corrected chi connectivity index (χ2v) is 7.47. The van der Waals surface area contributed by atoms with Gasteiger partial charge in [-0.25, -0.2) is 0 Å². The van der Waals surface area contributed by atoms with Gasteiger partial charge in [-0.05, 0) is 13.8 Å². The first kappa shape index (κ1) is 22.5. The van der Waals surface area contributed by atoms with Crippen LogP contribution < -0.4 is 22.1 Å². The molecule has 0 heterocycles. The predicted molar refractivity (Wildman–Crippen MR) is 91.3 cm³/mol. The van der Waals surface area contributed by atoms with Crippen molar-refractivity contribution in [3.05, 3.63) is 0 Å². The van der Waals surface area contributed by atoms with Gasteiger partial charge in [0.05, 0.1) is 12.1 Å². The Hall–Kier alpha value is -1.50. The van der Waals surface area contributed by atoms with Crippen molar-refractivity contribution < 1.29 is 29.4 Å². The molecule has 0 bridgehead atoms. The quantitative estimate of drug-likeness (QED) is 0.176. The van der Waals surface area contributed by atoms with Gasteiger partial charge in [0, 0.05) is 11.5 Å². The summed E-state index contributed by atoms with van der Waals surface area (Å²) in [5.41, 5.74) is 11.3. The Balaban J connectivity index is 4.03. The number of carbonyl (C=O) groups is 4. The van der Waals surface area contributed by atoms with E-state index in [9.17, 15) is 19.2 Å². The summed E-state index contributed by atoms with van der Waals surface area (Å²) in [5.74, 6) is -3.10. The molecule has 0 saturated heterocycles. The van der Waals surface area contributed by atoms with Gasteiger partial charge in [0.2, 0.25) is 11.8 Å². The van der Waals surface area contributed by atoms with E-state index in [1.807, 2.05) is 0 Å². The average molecular weight is 382 g/mol. The van der Waals surface area contributed by atoms with E-state index < -0.39 is 47.9 Å². The second-order valence-electron chi connectivity index (χ2n) is 4.92. The topological polar surface area (TPSA) is 185 Å². The molecule has 0 aromatic heterocycles. The van der Waals surface area contributed by atoms with Crippen molar-refractivity contribution in [2.45, 2.75) is 38.0 Å². The molecular formula is C12H22N4O6S2. The molecule has 0 rings (SSSR count). The Bertz CT molecular complexity index is 436. The fraction of sp³-hybridized carbons (Fsp3) is 0.667. The van der Waals surface area contributed by atoms with Crippen LogP contribution in [0.2, 0.25) is 0 Å². The minimum atomic E-state index is -1.16. The molecule has 0 aliphatic carbocycles. The highest BCUT2D eigenvalue weighted by Gasteiger charge is 2.21. The van der Waals surface area contributed by atoms with Gasteiger partial charge in [-0.1, -0.05) is 21.6 Å². The van der Waals surface area contributed by atoms with Crippen LogP contribution >= 0.6 is 21.6 Å². The monoisotopic (exact) mass is 382 g/mol. The van der Waals surface area contributed by atoms with Crippen molar-refractivity contribution in [1.29, 1.82) is 0 Å². The van der Waals surface area contributed by atoms with Crippen LogP contribution in [0, 0.1) is 0 Å². The molecule has 0 fully saturated rings. The van der Waals surface area contributed by atoms with Gasteiger partial charge in [0.1, 0.15) is 12.1 Å². The van der Waals surface area contributed by atoms with E-state index in [0.717, 1.165) is 0 Å². The third kappa shape index (κ3) is 8.96. The zero-order valence-corrected chi connectivity index (χ0v) is 14.9. The van der Waals surface area contributed by atoms with E-state index in [2.05, 4.69) is 10.6 Å². The average Bonchev–Trinajstić information content (AvgIpc) is 2.50. The highest BCUT2D eigenvalue weighted by atomic mass is 33.1. The summed E-state index contributed by atoms with van der Waals surface area (Å²) in [5, 5.41) is 21.9. The molecule has 4 atom stereocenters. The van der Waals surface area contributed by atoms with Crippen molar-refractivity contribution in [3.63, 3.8) is 0 Å². The number of carboxylic acids is 2. The molecule has 0 unspecified atom stereocenters. The lowest BCUT2D eigenvalue weighted by molar-refractivity contribution is -0.141. The first-order chi connectivity index (χ1) is 11.1. The van der Waals surface area contributed by atoms with Crippen molar-refractivity contribution >= 4 is 45.3 Å². The molecule has 0 aromatic carbocycles. The first-order valence-corrected chi connectivity index (χ1v) is 9.37. The van der Waals surface area contributed by atoms with Crippen LogP contribution in [0.3, 0.4) is 0 Å². The first-order valence-electron chi connectivity index (χ1n) is 6.88. The molecule has 0 aromatic rings. The smallest absolute Gasteiger partial charge is 0.325 e. The Morgan fingerprint density at radius 2 is 1.12 bits per heavy atom. The Labute approximate surface area is 146 Å². The molecule has 0 spiro atoms. The van der Waals surface area contributed by atoms with Crippen LogP contribution in [0.4, 0.5) is 0 Å². The molecule has 0 aliphatic rings. The van der Waals surface area contributed by atoms with Gasteiger partial charge >= 0.3 is 11.9 Å². The van der Waals surface area contributed by atoms with Crippen LogP contribution in [0.1, 0.15) is 13.8 Å². The largest absolute Gasteiger partial charge is 0.480 e. The highest BCUT2D eigenvalue weighted by molar-refractivity contribution is 8.76. The lowest BCUT2D eigenvalue weighted by Crippen LogP contribution is -2.48. The number of amides is 2. The summed E-state index contributed by atoms with van der Waals surface area (Å²) in [6, 6.07) is -3.87. The second kappa shape index (κ2) is 11.1. The summed E-state index contributed by atoms with van der Waals surface area (Å²) < 4.78 is 0. The van der Waals surface area contributed by atoms with E-state index in [4.69, 9.17) is 21.7 Å². The Morgan fingerprint density at radius 1 is 0.833 bits per heavy atom. The molecule has 0 radical (unpaired) electrons. The predicted octanol–water partition coefficient (Wildman–Crippen LogP) is -1.80. The summed E-state index contributed by atoms with van der Waals surface area (Å²) in [7, 11) is 2.41. The molecule has 0 aliphatic heterocycles. The number of nitrogens with two attached hydrogens (primary N) is 2. The van der Waals surface area contributed by atoms with Crippen molar-refractivity contribution in [2.75, 3.05) is 11.5 Å². The van der Waals surface area contributed by atoms with Gasteiger partial charge in [-0.15, -0.1) is 0 Å². The maximum Gasteiger partial charge on any atom is 0.325 e. The van der Waals surface area contributed by atoms with E-state index in [0.29, 0.717) is 0 Å². The zero-order valence-electron chi connectivity index (χ0n) is 13.2. The summed E-state index contributed by atoms with van der Waals surface area (Å²) in [6.45, 7) is 2.65. The minimum Gasteiger partial charge on any atom is -0.480 e. The molecule has 10 nitrogen and oxygen atoms in total. The van der Waals surface area contributed by atoms with Gasteiger partial charge in [-0.3, -0.25) is 19.2 Å². The zero-order chi connectivity index (χ0) is 18.9. The molecule has 12 heteroatoms. The normalized spacial score (nSPS) is 15.7. The van der Waals surface area contributed by atoms with Crippen molar-refractivity contribution in [2.24, 2.45) is 11.5 Å². The van der Waals surface area contributed by atoms with Gasteiger partial charge < -0.3 is 32.3 Å². The number of nitrogens with one attached hydrogen (secondary N) is 2. The van der Waals surface area contributed by atoms with Crippen molar-refractivity contribution in [3.8, 4) is 0 Å². The molecule has 0 saturated carbocycles. The van der Waals surface area contributed by atoms with Crippen LogP contribution in [-0.4, -0.2) is 69.6 Å². The minimum absolute atomic E-state index is 0.197. The number of hydrogen-bond acceptors (Lipinski definition) is 8. The van der Waals surface area contributed by atoms with Gasteiger partial charge in [0.15, 0.2) is 0 Å². The van der Waals surface area contributed by atoms with Crippen LogP contribution in [-0.2, 0) is 19.2 Å². The lowest BCUT2D eigenvalue weighted by atomic mass is 10.3. The van der Waals surface area contributed by atoms with Crippen LogP contribution in [0.15, 0.2) is 0 Å². The number of carbonyl (C=O) groups excluding carboxylic acids is 2. The summed E-state index contributed by atoms with van der Waals surface area (Å²) >= 11 is 0.